The Morgan fingerprint density at radius 1 is 0.973 bits per heavy atom. The van der Waals surface area contributed by atoms with Crippen molar-refractivity contribution in [2.24, 2.45) is 5.16 Å². The highest BCUT2D eigenvalue weighted by atomic mass is 19.1. The molecule has 2 aromatic carbocycles. The fourth-order valence-corrected chi connectivity index (χ4v) is 4.24. The first-order valence-corrected chi connectivity index (χ1v) is 11.8. The minimum atomic E-state index is -0.804. The molecule has 1 aliphatic heterocycles. The molecule has 186 valence electrons. The zero-order valence-electron chi connectivity index (χ0n) is 19.9. The molecule has 0 saturated heterocycles. The smallest absolute Gasteiger partial charge is 0.174 e. The number of halogens is 3. The second kappa shape index (κ2) is 10.3. The average molecular weight is 502 g/mol. The van der Waals surface area contributed by atoms with Crippen molar-refractivity contribution in [3.63, 3.8) is 0 Å². The predicted octanol–water partition coefficient (Wildman–Crippen LogP) is 6.55. The van der Waals surface area contributed by atoms with Gasteiger partial charge in [0.2, 0.25) is 0 Å². The van der Waals surface area contributed by atoms with Gasteiger partial charge in [0.25, 0.3) is 0 Å². The summed E-state index contributed by atoms with van der Waals surface area (Å²) >= 11 is 0. The third kappa shape index (κ3) is 5.43. The van der Waals surface area contributed by atoms with Crippen LogP contribution in [0.5, 0.6) is 0 Å². The molecule has 4 aromatic rings. The lowest BCUT2D eigenvalue weighted by atomic mass is 9.92. The van der Waals surface area contributed by atoms with Crippen molar-refractivity contribution in [3.8, 4) is 11.1 Å². The summed E-state index contributed by atoms with van der Waals surface area (Å²) in [4.78, 5) is 26.9. The molecule has 3 heterocycles. The van der Waals surface area contributed by atoms with Crippen LogP contribution in [0.25, 0.3) is 11.1 Å². The molecule has 1 unspecified atom stereocenters. The van der Waals surface area contributed by atoms with Crippen molar-refractivity contribution in [1.82, 2.24) is 9.97 Å². The highest BCUT2D eigenvalue weighted by Crippen LogP contribution is 2.32. The van der Waals surface area contributed by atoms with Gasteiger partial charge in [-0.3, -0.25) is 14.8 Å². The summed E-state index contributed by atoms with van der Waals surface area (Å²) in [7, 11) is 0. The van der Waals surface area contributed by atoms with Crippen LogP contribution in [-0.4, -0.2) is 21.5 Å². The van der Waals surface area contributed by atoms with E-state index in [1.54, 1.807) is 43.5 Å². The van der Waals surface area contributed by atoms with Gasteiger partial charge in [-0.2, -0.15) is 0 Å². The Morgan fingerprint density at radius 2 is 1.81 bits per heavy atom. The largest absolute Gasteiger partial charge is 0.385 e. The second-order valence-electron chi connectivity index (χ2n) is 8.88. The Bertz CT molecular complexity index is 1510. The van der Waals surface area contributed by atoms with E-state index in [9.17, 15) is 18.0 Å². The number of hydrogen-bond acceptors (Lipinski definition) is 5. The van der Waals surface area contributed by atoms with Crippen LogP contribution in [0, 0.1) is 24.4 Å². The van der Waals surface area contributed by atoms with Crippen LogP contribution in [0.4, 0.5) is 13.2 Å². The first-order chi connectivity index (χ1) is 17.9. The van der Waals surface area contributed by atoms with Crippen molar-refractivity contribution in [3.05, 3.63) is 119 Å². The van der Waals surface area contributed by atoms with E-state index in [2.05, 4.69) is 15.1 Å². The van der Waals surface area contributed by atoms with Gasteiger partial charge in [0.05, 0.1) is 23.3 Å². The summed E-state index contributed by atoms with van der Waals surface area (Å²) in [6.45, 7) is 1.79. The number of carbonyl (C=O) groups is 1. The van der Waals surface area contributed by atoms with Gasteiger partial charge >= 0.3 is 0 Å². The van der Waals surface area contributed by atoms with Gasteiger partial charge in [-0.25, -0.2) is 13.2 Å². The maximum Gasteiger partial charge on any atom is 0.174 e. The molecular weight excluding hydrogens is 479 g/mol. The molecule has 0 radical (unpaired) electrons. The van der Waals surface area contributed by atoms with Gasteiger partial charge in [0.15, 0.2) is 11.9 Å². The number of ketones is 1. The quantitative estimate of drug-likeness (QED) is 0.269. The molecule has 5 nitrogen and oxygen atoms in total. The summed E-state index contributed by atoms with van der Waals surface area (Å²) in [6.07, 6.45) is 2.58. The summed E-state index contributed by atoms with van der Waals surface area (Å²) in [5.41, 5.74) is 3.89. The predicted molar refractivity (Wildman–Crippen MR) is 133 cm³/mol. The third-order valence-corrected chi connectivity index (χ3v) is 6.18. The van der Waals surface area contributed by atoms with Gasteiger partial charge in [0, 0.05) is 41.8 Å². The molecule has 1 atom stereocenters. The van der Waals surface area contributed by atoms with Crippen molar-refractivity contribution in [2.75, 3.05) is 0 Å². The number of rotatable bonds is 7. The number of nitrogens with zero attached hydrogens (tertiary/aromatic N) is 3. The molecule has 0 bridgehead atoms. The molecule has 0 saturated carbocycles. The van der Waals surface area contributed by atoms with Crippen molar-refractivity contribution >= 4 is 11.5 Å². The zero-order chi connectivity index (χ0) is 25.9. The maximum atomic E-state index is 14.9. The van der Waals surface area contributed by atoms with E-state index in [0.29, 0.717) is 34.4 Å². The van der Waals surface area contributed by atoms with E-state index in [4.69, 9.17) is 4.84 Å². The second-order valence-corrected chi connectivity index (χ2v) is 8.88. The molecule has 0 amide bonds. The Kier molecular flexibility index (Phi) is 6.81. The molecular formula is C29H22F3N3O2. The SMILES string of the molecule is Cc1ccc(-c2cc(C(=O)CCc3ncc(F)cc3F)cc(C3=NOC(c4ccccn4)C3)c2)c(F)c1. The number of aromatic nitrogens is 2. The van der Waals surface area contributed by atoms with Gasteiger partial charge < -0.3 is 4.84 Å². The van der Waals surface area contributed by atoms with Crippen LogP contribution in [0.2, 0.25) is 0 Å². The van der Waals surface area contributed by atoms with E-state index < -0.39 is 17.5 Å². The van der Waals surface area contributed by atoms with Gasteiger partial charge in [0.1, 0.15) is 17.5 Å². The fourth-order valence-electron chi connectivity index (χ4n) is 4.24. The Morgan fingerprint density at radius 3 is 2.57 bits per heavy atom. The molecule has 5 rings (SSSR count). The number of oxime groups is 1. The first-order valence-electron chi connectivity index (χ1n) is 11.8. The van der Waals surface area contributed by atoms with Crippen molar-refractivity contribution < 1.29 is 22.8 Å². The van der Waals surface area contributed by atoms with E-state index in [1.807, 2.05) is 18.2 Å². The van der Waals surface area contributed by atoms with E-state index >= 15 is 0 Å². The molecule has 0 aliphatic carbocycles. The maximum absolute atomic E-state index is 14.9. The summed E-state index contributed by atoms with van der Waals surface area (Å²) in [5, 5.41) is 4.23. The average Bonchev–Trinajstić information content (AvgIpc) is 3.39. The molecule has 0 fully saturated rings. The van der Waals surface area contributed by atoms with E-state index in [1.165, 1.54) is 6.07 Å². The number of hydrogen-bond donors (Lipinski definition) is 0. The van der Waals surface area contributed by atoms with Gasteiger partial charge in [-0.1, -0.05) is 23.4 Å². The summed E-state index contributed by atoms with van der Waals surface area (Å²) < 4.78 is 42.1. The first kappa shape index (κ1) is 24.4. The molecule has 8 heteroatoms. The molecule has 37 heavy (non-hydrogen) atoms. The van der Waals surface area contributed by atoms with Crippen LogP contribution in [0.3, 0.4) is 0 Å². The number of benzene rings is 2. The van der Waals surface area contributed by atoms with Crippen LogP contribution >= 0.6 is 0 Å². The van der Waals surface area contributed by atoms with E-state index in [-0.39, 0.29) is 30.4 Å². The molecule has 0 spiro atoms. The topological polar surface area (TPSA) is 64.4 Å². The number of carbonyl (C=O) groups excluding carboxylic acids is 1. The van der Waals surface area contributed by atoms with Crippen molar-refractivity contribution in [1.29, 1.82) is 0 Å². The third-order valence-electron chi connectivity index (χ3n) is 6.18. The Labute approximate surface area is 211 Å². The number of aryl methyl sites for hydroxylation is 2. The zero-order valence-corrected chi connectivity index (χ0v) is 19.9. The van der Waals surface area contributed by atoms with Gasteiger partial charge in [-0.05, 0) is 60.9 Å². The molecule has 0 N–H and O–H groups in total. The molecule has 2 aromatic heterocycles. The van der Waals surface area contributed by atoms with Gasteiger partial charge in [-0.15, -0.1) is 0 Å². The fraction of sp³-hybridized carbons (Fsp3) is 0.172. The number of Topliss-reactive ketones (excluding diaryl/α,β-unsaturated/α-hetero) is 1. The standard InChI is InChI=1S/C29H22F3N3O2/c1-17-5-6-22(23(31)10-17)18-11-19(27-15-29(37-35-27)26-4-2-3-9-33-26)13-20(12-18)28(36)8-7-25-24(32)14-21(30)16-34-25/h2-6,9-14,16,29H,7-8,15H2,1H3. The normalized spacial score (nSPS) is 14.8. The Balaban J connectivity index is 1.46. The Hall–Kier alpha value is -4.33. The van der Waals surface area contributed by atoms with Crippen LogP contribution in [0.15, 0.2) is 78.2 Å². The van der Waals surface area contributed by atoms with Crippen LogP contribution in [0.1, 0.15) is 51.8 Å². The summed E-state index contributed by atoms with van der Waals surface area (Å²) in [6, 6.07) is 16.2. The van der Waals surface area contributed by atoms with E-state index in [0.717, 1.165) is 23.5 Å². The van der Waals surface area contributed by atoms with Crippen molar-refractivity contribution in [2.45, 2.75) is 32.3 Å². The summed E-state index contributed by atoms with van der Waals surface area (Å²) in [5.74, 6) is -2.29. The molecule has 1 aliphatic rings. The van der Waals surface area contributed by atoms with Crippen LogP contribution < -0.4 is 0 Å². The lowest BCUT2D eigenvalue weighted by Crippen LogP contribution is -2.08. The number of pyridine rings is 2. The lowest BCUT2D eigenvalue weighted by molar-refractivity contribution is 0.0826. The monoisotopic (exact) mass is 501 g/mol. The lowest BCUT2D eigenvalue weighted by Gasteiger charge is -2.11. The van der Waals surface area contributed by atoms with Crippen LogP contribution in [-0.2, 0) is 11.3 Å². The highest BCUT2D eigenvalue weighted by Gasteiger charge is 2.26. The minimum absolute atomic E-state index is 0.00229. The highest BCUT2D eigenvalue weighted by molar-refractivity contribution is 6.05. The minimum Gasteiger partial charge on any atom is -0.385 e.